The SMILES string of the molecule is CCc1nc(-c2ccccc2C)nc(N)c1I. The maximum atomic E-state index is 5.93. The van der Waals surface area contributed by atoms with Crippen LogP contribution in [0.1, 0.15) is 18.2 Å². The van der Waals surface area contributed by atoms with Gasteiger partial charge in [-0.1, -0.05) is 31.2 Å². The number of rotatable bonds is 2. The van der Waals surface area contributed by atoms with Gasteiger partial charge in [-0.05, 0) is 41.5 Å². The molecule has 88 valence electrons. The van der Waals surface area contributed by atoms with E-state index in [1.54, 1.807) is 0 Å². The van der Waals surface area contributed by atoms with E-state index in [1.165, 1.54) is 0 Å². The molecule has 0 bridgehead atoms. The maximum absolute atomic E-state index is 5.93. The fraction of sp³-hybridized carbons (Fsp3) is 0.231. The second kappa shape index (κ2) is 5.00. The number of benzene rings is 1. The van der Waals surface area contributed by atoms with E-state index in [9.17, 15) is 0 Å². The predicted octanol–water partition coefficient (Wildman–Crippen LogP) is 3.20. The predicted molar refractivity (Wildman–Crippen MR) is 78.7 cm³/mol. The molecule has 1 heterocycles. The minimum atomic E-state index is 0.565. The van der Waals surface area contributed by atoms with Crippen molar-refractivity contribution in [3.05, 3.63) is 39.1 Å². The smallest absolute Gasteiger partial charge is 0.162 e. The van der Waals surface area contributed by atoms with Gasteiger partial charge in [0.15, 0.2) is 5.82 Å². The van der Waals surface area contributed by atoms with Gasteiger partial charge in [0, 0.05) is 5.56 Å². The largest absolute Gasteiger partial charge is 0.383 e. The summed E-state index contributed by atoms with van der Waals surface area (Å²) in [5, 5.41) is 0. The van der Waals surface area contributed by atoms with Crippen molar-refractivity contribution in [2.75, 3.05) is 5.73 Å². The van der Waals surface area contributed by atoms with Gasteiger partial charge in [0.1, 0.15) is 5.82 Å². The number of nitrogens with zero attached hydrogens (tertiary/aromatic N) is 2. The molecular formula is C13H14IN3. The Hall–Kier alpha value is -1.17. The molecule has 0 aliphatic rings. The number of hydrogen-bond acceptors (Lipinski definition) is 3. The second-order valence-electron chi connectivity index (χ2n) is 3.86. The Bertz CT molecular complexity index is 552. The lowest BCUT2D eigenvalue weighted by molar-refractivity contribution is 0.993. The number of anilines is 1. The van der Waals surface area contributed by atoms with E-state index in [2.05, 4.69) is 52.5 Å². The molecule has 0 radical (unpaired) electrons. The molecule has 17 heavy (non-hydrogen) atoms. The first-order valence-electron chi connectivity index (χ1n) is 5.51. The lowest BCUT2D eigenvalue weighted by Gasteiger charge is -2.09. The van der Waals surface area contributed by atoms with Gasteiger partial charge in [-0.25, -0.2) is 9.97 Å². The molecule has 0 fully saturated rings. The first-order chi connectivity index (χ1) is 8.13. The first kappa shape index (κ1) is 12.3. The zero-order valence-electron chi connectivity index (χ0n) is 9.87. The summed E-state index contributed by atoms with van der Waals surface area (Å²) in [5.74, 6) is 1.29. The van der Waals surface area contributed by atoms with Crippen molar-refractivity contribution in [2.45, 2.75) is 20.3 Å². The van der Waals surface area contributed by atoms with Crippen LogP contribution in [0.2, 0.25) is 0 Å². The molecule has 2 aromatic rings. The third kappa shape index (κ3) is 2.41. The van der Waals surface area contributed by atoms with Crippen molar-refractivity contribution in [3.63, 3.8) is 0 Å². The lowest BCUT2D eigenvalue weighted by atomic mass is 10.1. The van der Waals surface area contributed by atoms with Gasteiger partial charge in [0.25, 0.3) is 0 Å². The van der Waals surface area contributed by atoms with Gasteiger partial charge in [-0.3, -0.25) is 0 Å². The summed E-state index contributed by atoms with van der Waals surface area (Å²) in [7, 11) is 0. The molecule has 0 saturated carbocycles. The molecule has 2 N–H and O–H groups in total. The average molecular weight is 339 g/mol. The number of nitrogen functional groups attached to an aromatic ring is 1. The van der Waals surface area contributed by atoms with Crippen molar-refractivity contribution < 1.29 is 0 Å². The van der Waals surface area contributed by atoms with Crippen LogP contribution in [0.5, 0.6) is 0 Å². The Labute approximate surface area is 115 Å². The third-order valence-electron chi connectivity index (χ3n) is 2.67. The molecule has 0 aliphatic carbocycles. The minimum absolute atomic E-state index is 0.565. The highest BCUT2D eigenvalue weighted by Crippen LogP contribution is 2.24. The van der Waals surface area contributed by atoms with Gasteiger partial charge in [-0.15, -0.1) is 0 Å². The van der Waals surface area contributed by atoms with Gasteiger partial charge in [0.05, 0.1) is 9.26 Å². The normalized spacial score (nSPS) is 10.5. The van der Waals surface area contributed by atoms with Crippen LogP contribution in [0.15, 0.2) is 24.3 Å². The summed E-state index contributed by atoms with van der Waals surface area (Å²) in [4.78, 5) is 8.96. The number of hydrogen-bond donors (Lipinski definition) is 1. The number of halogens is 1. The van der Waals surface area contributed by atoms with Crippen molar-refractivity contribution in [3.8, 4) is 11.4 Å². The summed E-state index contributed by atoms with van der Waals surface area (Å²) in [6.07, 6.45) is 0.865. The van der Waals surface area contributed by atoms with Crippen LogP contribution in [0.25, 0.3) is 11.4 Å². The average Bonchev–Trinajstić information content (AvgIpc) is 2.33. The highest BCUT2D eigenvalue weighted by molar-refractivity contribution is 14.1. The highest BCUT2D eigenvalue weighted by Gasteiger charge is 2.11. The molecule has 0 unspecified atom stereocenters. The molecule has 1 aromatic heterocycles. The highest BCUT2D eigenvalue weighted by atomic mass is 127. The topological polar surface area (TPSA) is 51.8 Å². The van der Waals surface area contributed by atoms with Crippen molar-refractivity contribution in [2.24, 2.45) is 0 Å². The molecule has 3 nitrogen and oxygen atoms in total. The van der Waals surface area contributed by atoms with E-state index >= 15 is 0 Å². The number of aromatic nitrogens is 2. The van der Waals surface area contributed by atoms with E-state index < -0.39 is 0 Å². The molecule has 0 atom stereocenters. The monoisotopic (exact) mass is 339 g/mol. The first-order valence-corrected chi connectivity index (χ1v) is 6.59. The summed E-state index contributed by atoms with van der Waals surface area (Å²) < 4.78 is 0.961. The van der Waals surface area contributed by atoms with E-state index in [0.717, 1.165) is 32.6 Å². The van der Waals surface area contributed by atoms with E-state index in [1.807, 2.05) is 18.2 Å². The van der Waals surface area contributed by atoms with E-state index in [-0.39, 0.29) is 0 Å². The van der Waals surface area contributed by atoms with E-state index in [4.69, 9.17) is 5.73 Å². The minimum Gasteiger partial charge on any atom is -0.383 e. The molecular weight excluding hydrogens is 325 g/mol. The Morgan fingerprint density at radius 1 is 1.24 bits per heavy atom. The number of aryl methyl sites for hydroxylation is 2. The fourth-order valence-electron chi connectivity index (χ4n) is 1.69. The van der Waals surface area contributed by atoms with E-state index in [0.29, 0.717) is 5.82 Å². The number of nitrogens with two attached hydrogens (primary N) is 1. The zero-order valence-corrected chi connectivity index (χ0v) is 12.0. The van der Waals surface area contributed by atoms with Gasteiger partial charge < -0.3 is 5.73 Å². The van der Waals surface area contributed by atoms with Gasteiger partial charge in [-0.2, -0.15) is 0 Å². The summed E-state index contributed by atoms with van der Waals surface area (Å²) in [5.41, 5.74) is 9.15. The van der Waals surface area contributed by atoms with Gasteiger partial charge in [0.2, 0.25) is 0 Å². The Morgan fingerprint density at radius 2 is 1.94 bits per heavy atom. The molecule has 0 amide bonds. The third-order valence-corrected chi connectivity index (χ3v) is 3.84. The van der Waals surface area contributed by atoms with Crippen molar-refractivity contribution in [1.29, 1.82) is 0 Å². The lowest BCUT2D eigenvalue weighted by Crippen LogP contribution is -2.04. The molecule has 4 heteroatoms. The second-order valence-corrected chi connectivity index (χ2v) is 4.94. The summed E-state index contributed by atoms with van der Waals surface area (Å²) in [6, 6.07) is 8.08. The van der Waals surface area contributed by atoms with Gasteiger partial charge >= 0.3 is 0 Å². The molecule has 2 rings (SSSR count). The molecule has 0 spiro atoms. The summed E-state index contributed by atoms with van der Waals surface area (Å²) in [6.45, 7) is 4.13. The van der Waals surface area contributed by atoms with Crippen LogP contribution in [0, 0.1) is 10.5 Å². The fourth-order valence-corrected chi connectivity index (χ4v) is 2.31. The standard InChI is InChI=1S/C13H14IN3/c1-3-10-11(14)12(15)17-13(16-10)9-7-5-4-6-8(9)2/h4-7H,3H2,1-2H3,(H2,15,16,17). The quantitative estimate of drug-likeness (QED) is 0.855. The van der Waals surface area contributed by atoms with Crippen LogP contribution in [-0.4, -0.2) is 9.97 Å². The molecule has 0 aliphatic heterocycles. The Kier molecular flexibility index (Phi) is 3.61. The van der Waals surface area contributed by atoms with Crippen LogP contribution >= 0.6 is 22.6 Å². The van der Waals surface area contributed by atoms with Crippen molar-refractivity contribution in [1.82, 2.24) is 9.97 Å². The van der Waals surface area contributed by atoms with Crippen LogP contribution in [-0.2, 0) is 6.42 Å². The molecule has 0 saturated heterocycles. The van der Waals surface area contributed by atoms with Crippen LogP contribution in [0.3, 0.4) is 0 Å². The maximum Gasteiger partial charge on any atom is 0.162 e. The zero-order chi connectivity index (χ0) is 12.4. The Morgan fingerprint density at radius 3 is 2.59 bits per heavy atom. The van der Waals surface area contributed by atoms with Crippen LogP contribution < -0.4 is 5.73 Å². The van der Waals surface area contributed by atoms with Crippen LogP contribution in [0.4, 0.5) is 5.82 Å². The van der Waals surface area contributed by atoms with Crippen molar-refractivity contribution >= 4 is 28.4 Å². The Balaban J connectivity index is 2.61. The summed E-state index contributed by atoms with van der Waals surface area (Å²) >= 11 is 2.20. The molecule has 1 aromatic carbocycles.